The molecule has 1 heterocycles. The lowest BCUT2D eigenvalue weighted by molar-refractivity contribution is -0.138. The second-order valence-electron chi connectivity index (χ2n) is 9.34. The molecule has 1 saturated carbocycles. The topological polar surface area (TPSA) is 117 Å². The average Bonchev–Trinajstić information content (AvgIpc) is 3.59. The Morgan fingerprint density at radius 3 is 1.89 bits per heavy atom. The van der Waals surface area contributed by atoms with Crippen molar-refractivity contribution in [2.24, 2.45) is 5.92 Å². The Bertz CT molecular complexity index is 616. The van der Waals surface area contributed by atoms with Crippen molar-refractivity contribution < 1.29 is 23.9 Å². The standard InChI is InChI=1S/C7H12N2O2.C7H14N2O.C5H10O2.C5H8.C3H8/c1-3-7(11)9-4-6(5-10)8-2;1-8-7(10)6-4-3-5-9(6)2;1-5(2,3)7-4-6;1-2-5-3-4-5;1-3-2/h3,5-6,8H,1,4H2,2H3,(H,9,11);6H,3-5H2,1-2H3,(H,8,10);4H,1-3H3;2,5H,1,3-4H2;3H2,1-2H3. The first-order valence-electron chi connectivity index (χ1n) is 12.6. The number of carbonyl (C=O) groups is 4. The number of likely N-dealkylation sites (tertiary alicyclic amines) is 1. The third kappa shape index (κ3) is 26.1. The fourth-order valence-corrected chi connectivity index (χ4v) is 2.39. The molecule has 2 atom stereocenters. The molecule has 1 aliphatic carbocycles. The Balaban J connectivity index is -0.000000400. The minimum absolute atomic E-state index is 0.130. The number of nitrogens with zero attached hydrogens (tertiary/aromatic N) is 1. The van der Waals surface area contributed by atoms with E-state index in [0.717, 1.165) is 37.7 Å². The molecule has 1 aliphatic heterocycles. The largest absolute Gasteiger partial charge is 0.462 e. The molecule has 1 saturated heterocycles. The van der Waals surface area contributed by atoms with Crippen LogP contribution in [0, 0.1) is 5.92 Å². The highest BCUT2D eigenvalue weighted by molar-refractivity contribution is 5.87. The second-order valence-corrected chi connectivity index (χ2v) is 9.34. The molecule has 0 spiro atoms. The van der Waals surface area contributed by atoms with E-state index in [2.05, 4.69) is 52.6 Å². The first-order chi connectivity index (χ1) is 16.9. The lowest BCUT2D eigenvalue weighted by atomic mass is 10.2. The lowest BCUT2D eigenvalue weighted by Gasteiger charge is -2.16. The van der Waals surface area contributed by atoms with Crippen molar-refractivity contribution in [2.75, 3.05) is 34.2 Å². The van der Waals surface area contributed by atoms with E-state index in [1.807, 2.05) is 33.9 Å². The van der Waals surface area contributed by atoms with E-state index in [1.54, 1.807) is 14.1 Å². The van der Waals surface area contributed by atoms with E-state index in [-0.39, 0.29) is 29.5 Å². The summed E-state index contributed by atoms with van der Waals surface area (Å²) in [6, 6.07) is -0.191. The molecule has 0 aromatic carbocycles. The summed E-state index contributed by atoms with van der Waals surface area (Å²) in [5.41, 5.74) is -0.318. The summed E-state index contributed by atoms with van der Waals surface area (Å²) in [7, 11) is 5.33. The summed E-state index contributed by atoms with van der Waals surface area (Å²) in [6.45, 7) is 18.4. The van der Waals surface area contributed by atoms with Crippen LogP contribution in [0.15, 0.2) is 25.3 Å². The molecule has 9 nitrogen and oxygen atoms in total. The first kappa shape index (κ1) is 38.0. The number of rotatable bonds is 8. The van der Waals surface area contributed by atoms with Gasteiger partial charge in [-0.1, -0.05) is 32.9 Å². The molecular formula is C27H52N4O5. The van der Waals surface area contributed by atoms with E-state index in [1.165, 1.54) is 19.3 Å². The number of hydrogen-bond donors (Lipinski definition) is 3. The van der Waals surface area contributed by atoms with Crippen LogP contribution in [0.2, 0.25) is 0 Å². The van der Waals surface area contributed by atoms with Gasteiger partial charge in [-0.05, 0) is 79.1 Å². The highest BCUT2D eigenvalue weighted by Crippen LogP contribution is 2.28. The molecule has 9 heteroatoms. The summed E-state index contributed by atoms with van der Waals surface area (Å²) >= 11 is 0. The second kappa shape index (κ2) is 24.2. The molecule has 2 aliphatic rings. The zero-order valence-corrected chi connectivity index (χ0v) is 23.9. The molecule has 210 valence electrons. The van der Waals surface area contributed by atoms with E-state index in [0.29, 0.717) is 13.0 Å². The molecular weight excluding hydrogens is 460 g/mol. The number of ether oxygens (including phenoxy) is 1. The van der Waals surface area contributed by atoms with Crippen LogP contribution in [0.3, 0.4) is 0 Å². The third-order valence-corrected chi connectivity index (χ3v) is 4.64. The number of likely N-dealkylation sites (N-methyl/N-ethyl adjacent to an activating group) is 3. The van der Waals surface area contributed by atoms with Crippen LogP contribution in [0.4, 0.5) is 0 Å². The monoisotopic (exact) mass is 512 g/mol. The van der Waals surface area contributed by atoms with Gasteiger partial charge in [-0.25, -0.2) is 0 Å². The van der Waals surface area contributed by atoms with E-state index in [9.17, 15) is 19.2 Å². The molecule has 2 amide bonds. The van der Waals surface area contributed by atoms with E-state index < -0.39 is 0 Å². The van der Waals surface area contributed by atoms with Gasteiger partial charge in [0.05, 0.1) is 12.1 Å². The lowest BCUT2D eigenvalue weighted by Crippen LogP contribution is -2.39. The van der Waals surface area contributed by atoms with Crippen LogP contribution < -0.4 is 16.0 Å². The van der Waals surface area contributed by atoms with Crippen LogP contribution in [0.1, 0.15) is 66.7 Å². The van der Waals surface area contributed by atoms with Gasteiger partial charge in [0.15, 0.2) is 0 Å². The SMILES string of the molecule is C=CC(=O)NCC(C=O)NC.C=CC1CC1.CC(C)(C)OC=O.CCC.CNC(=O)C1CCCN1C. The Morgan fingerprint density at radius 2 is 1.67 bits per heavy atom. The van der Waals surface area contributed by atoms with Gasteiger partial charge in [0.2, 0.25) is 11.8 Å². The van der Waals surface area contributed by atoms with Gasteiger partial charge in [-0.15, -0.1) is 6.58 Å². The molecule has 2 unspecified atom stereocenters. The molecule has 36 heavy (non-hydrogen) atoms. The molecule has 0 radical (unpaired) electrons. The number of aldehydes is 1. The maximum absolute atomic E-state index is 11.1. The maximum atomic E-state index is 11.1. The minimum Gasteiger partial charge on any atom is -0.462 e. The van der Waals surface area contributed by atoms with Crippen LogP contribution >= 0.6 is 0 Å². The van der Waals surface area contributed by atoms with Gasteiger partial charge in [0.1, 0.15) is 11.9 Å². The number of allylic oxidation sites excluding steroid dienone is 1. The van der Waals surface area contributed by atoms with Crippen LogP contribution in [0.25, 0.3) is 0 Å². The van der Waals surface area contributed by atoms with Crippen molar-refractivity contribution in [1.29, 1.82) is 0 Å². The molecule has 0 aromatic rings. The molecule has 0 aromatic heterocycles. The predicted molar refractivity (Wildman–Crippen MR) is 148 cm³/mol. The maximum Gasteiger partial charge on any atom is 0.293 e. The Kier molecular flexibility index (Phi) is 25.5. The van der Waals surface area contributed by atoms with Crippen molar-refractivity contribution in [1.82, 2.24) is 20.9 Å². The van der Waals surface area contributed by atoms with Crippen molar-refractivity contribution in [3.05, 3.63) is 25.3 Å². The summed E-state index contributed by atoms with van der Waals surface area (Å²) < 4.78 is 4.55. The fraction of sp³-hybridized carbons (Fsp3) is 0.704. The average molecular weight is 513 g/mol. The smallest absolute Gasteiger partial charge is 0.293 e. The Hall–Kier alpha value is -2.52. The van der Waals surface area contributed by atoms with Gasteiger partial charge in [0, 0.05) is 13.6 Å². The third-order valence-electron chi connectivity index (χ3n) is 4.64. The number of amides is 2. The predicted octanol–water partition coefficient (Wildman–Crippen LogP) is 2.86. The van der Waals surface area contributed by atoms with Crippen molar-refractivity contribution in [2.45, 2.75) is 84.4 Å². The Morgan fingerprint density at radius 1 is 1.11 bits per heavy atom. The van der Waals surface area contributed by atoms with Gasteiger partial charge in [-0.2, -0.15) is 0 Å². The van der Waals surface area contributed by atoms with Crippen molar-refractivity contribution in [3.8, 4) is 0 Å². The van der Waals surface area contributed by atoms with Gasteiger partial charge >= 0.3 is 0 Å². The summed E-state index contributed by atoms with van der Waals surface area (Å²) in [4.78, 5) is 43.5. The van der Waals surface area contributed by atoms with Gasteiger partial charge in [0.25, 0.3) is 6.47 Å². The Labute approximate surface area is 219 Å². The molecule has 3 N–H and O–H groups in total. The molecule has 2 fully saturated rings. The zero-order chi connectivity index (χ0) is 28.6. The fourth-order valence-electron chi connectivity index (χ4n) is 2.39. The quantitative estimate of drug-likeness (QED) is 0.260. The van der Waals surface area contributed by atoms with Gasteiger partial charge in [-0.3, -0.25) is 19.3 Å². The molecule has 2 rings (SSSR count). The van der Waals surface area contributed by atoms with E-state index in [4.69, 9.17) is 0 Å². The number of hydrogen-bond acceptors (Lipinski definition) is 7. The van der Waals surface area contributed by atoms with Gasteiger partial charge < -0.3 is 25.5 Å². The van der Waals surface area contributed by atoms with Crippen LogP contribution in [-0.4, -0.2) is 81.4 Å². The highest BCUT2D eigenvalue weighted by atomic mass is 16.5. The minimum atomic E-state index is -0.320. The molecule has 0 bridgehead atoms. The summed E-state index contributed by atoms with van der Waals surface area (Å²) in [5.74, 6) is 0.780. The summed E-state index contributed by atoms with van der Waals surface area (Å²) in [6.07, 6.45) is 10.1. The van der Waals surface area contributed by atoms with E-state index >= 15 is 0 Å². The zero-order valence-electron chi connectivity index (χ0n) is 23.9. The van der Waals surface area contributed by atoms with Crippen LogP contribution in [-0.2, 0) is 23.9 Å². The van der Waals surface area contributed by atoms with Crippen LogP contribution in [0.5, 0.6) is 0 Å². The number of carbonyl (C=O) groups excluding carboxylic acids is 4. The van der Waals surface area contributed by atoms with Crippen molar-refractivity contribution in [3.63, 3.8) is 0 Å². The normalized spacial score (nSPS) is 16.7. The summed E-state index contributed by atoms with van der Waals surface area (Å²) in [5, 5.41) is 7.85. The number of nitrogens with one attached hydrogen (secondary N) is 3. The first-order valence-corrected chi connectivity index (χ1v) is 12.6. The highest BCUT2D eigenvalue weighted by Gasteiger charge is 2.26. The van der Waals surface area contributed by atoms with Crippen molar-refractivity contribution >= 4 is 24.6 Å².